The molecule has 138 valence electrons. The molecule has 1 atom stereocenters. The first-order valence-electron chi connectivity index (χ1n) is 8.72. The van der Waals surface area contributed by atoms with Gasteiger partial charge in [0.05, 0.1) is 22.9 Å². The Labute approximate surface area is 167 Å². The number of anilines is 1. The number of nitrogens with one attached hydrogen (secondary N) is 2. The lowest BCUT2D eigenvalue weighted by molar-refractivity contribution is 0.207. The zero-order valence-electron chi connectivity index (χ0n) is 14.8. The minimum atomic E-state index is -0.171. The van der Waals surface area contributed by atoms with Crippen molar-refractivity contribution >= 4 is 29.6 Å². The smallest absolute Gasteiger partial charge is 0.258 e. The highest BCUT2D eigenvalue weighted by Gasteiger charge is 2.26. The number of H-pyrrole nitrogens is 1. The van der Waals surface area contributed by atoms with Gasteiger partial charge in [0.25, 0.3) is 5.56 Å². The number of fused-ring (bicyclic) bond motifs is 1. The number of hydrogen-bond donors (Lipinski definition) is 2. The monoisotopic (exact) mass is 398 g/mol. The first-order chi connectivity index (χ1) is 13.1. The summed E-state index contributed by atoms with van der Waals surface area (Å²) in [4.78, 5) is 17.6. The molecule has 0 saturated carbocycles. The van der Waals surface area contributed by atoms with E-state index in [9.17, 15) is 4.79 Å². The van der Waals surface area contributed by atoms with Gasteiger partial charge in [0.1, 0.15) is 5.82 Å². The topological polar surface area (TPSA) is 53.1 Å². The highest BCUT2D eigenvalue weighted by molar-refractivity contribution is 7.71. The van der Waals surface area contributed by atoms with Crippen LogP contribution in [0.3, 0.4) is 0 Å². The third kappa shape index (κ3) is 3.32. The number of benzene rings is 2. The second-order valence-corrected chi connectivity index (χ2v) is 7.34. The summed E-state index contributed by atoms with van der Waals surface area (Å²) in [6, 6.07) is 17.9. The van der Waals surface area contributed by atoms with E-state index in [-0.39, 0.29) is 11.6 Å². The molecule has 0 spiro atoms. The van der Waals surface area contributed by atoms with Crippen molar-refractivity contribution in [3.8, 4) is 5.69 Å². The quantitative estimate of drug-likeness (QED) is 0.638. The number of aromatic nitrogens is 2. The Balaban J connectivity index is 1.77. The van der Waals surface area contributed by atoms with Gasteiger partial charge in [0.2, 0.25) is 0 Å². The van der Waals surface area contributed by atoms with Crippen LogP contribution in [0.25, 0.3) is 5.69 Å². The molecule has 0 amide bonds. The second kappa shape index (κ2) is 7.31. The predicted octanol–water partition coefficient (Wildman–Crippen LogP) is 4.49. The van der Waals surface area contributed by atoms with Crippen molar-refractivity contribution in [3.63, 3.8) is 0 Å². The number of halogens is 1. The number of aromatic amines is 1. The summed E-state index contributed by atoms with van der Waals surface area (Å²) >= 11 is 11.8. The van der Waals surface area contributed by atoms with Gasteiger partial charge in [-0.25, -0.2) is 0 Å². The molecule has 4 rings (SSSR count). The molecule has 7 heteroatoms. The molecule has 0 aliphatic carbocycles. The van der Waals surface area contributed by atoms with E-state index >= 15 is 0 Å². The van der Waals surface area contributed by atoms with Gasteiger partial charge in [-0.1, -0.05) is 54.1 Å². The van der Waals surface area contributed by atoms with Gasteiger partial charge < -0.3 is 5.32 Å². The zero-order chi connectivity index (χ0) is 19.0. The first kappa shape index (κ1) is 18.0. The standard InChI is InChI=1S/C20H19ClN4OS/c1-13(14-7-3-2-4-8-14)24-11-15-18(22-12-24)25(20(27)23-19(15)26)17-10-6-5-9-16(17)21/h2-10,13,22H,11-12H2,1H3,(H,23,26,27)/t13-/m0/s1. The van der Waals surface area contributed by atoms with E-state index in [1.54, 1.807) is 4.57 Å². The molecule has 0 fully saturated rings. The molecule has 2 heterocycles. The number of para-hydroxylation sites is 1. The van der Waals surface area contributed by atoms with Gasteiger partial charge in [-0.15, -0.1) is 0 Å². The lowest BCUT2D eigenvalue weighted by Crippen LogP contribution is -2.40. The van der Waals surface area contributed by atoms with E-state index in [1.807, 2.05) is 42.5 Å². The van der Waals surface area contributed by atoms with Gasteiger partial charge in [0, 0.05) is 12.6 Å². The fraction of sp³-hybridized carbons (Fsp3) is 0.200. The van der Waals surface area contributed by atoms with Crippen LogP contribution in [-0.2, 0) is 6.54 Å². The van der Waals surface area contributed by atoms with Crippen molar-refractivity contribution < 1.29 is 0 Å². The maximum atomic E-state index is 12.6. The van der Waals surface area contributed by atoms with Crippen LogP contribution < -0.4 is 10.9 Å². The van der Waals surface area contributed by atoms with Crippen LogP contribution in [0, 0.1) is 4.77 Å². The second-order valence-electron chi connectivity index (χ2n) is 6.54. The Kier molecular flexibility index (Phi) is 4.86. The summed E-state index contributed by atoms with van der Waals surface area (Å²) in [5, 5.41) is 3.96. The third-order valence-corrected chi connectivity index (χ3v) is 5.55. The Morgan fingerprint density at radius 1 is 1.11 bits per heavy atom. The van der Waals surface area contributed by atoms with Crippen molar-refractivity contribution in [2.45, 2.75) is 19.5 Å². The van der Waals surface area contributed by atoms with E-state index in [0.717, 1.165) is 5.69 Å². The van der Waals surface area contributed by atoms with Crippen LogP contribution in [0.5, 0.6) is 0 Å². The molecule has 0 radical (unpaired) electrons. The van der Waals surface area contributed by atoms with Gasteiger partial charge in [-0.3, -0.25) is 19.2 Å². The summed E-state index contributed by atoms with van der Waals surface area (Å²) in [6.45, 7) is 3.26. The fourth-order valence-electron chi connectivity index (χ4n) is 3.42. The Morgan fingerprint density at radius 3 is 2.56 bits per heavy atom. The maximum Gasteiger partial charge on any atom is 0.258 e. The van der Waals surface area contributed by atoms with Gasteiger partial charge in [-0.05, 0) is 36.8 Å². The molecule has 27 heavy (non-hydrogen) atoms. The molecule has 1 aromatic heterocycles. The Morgan fingerprint density at radius 2 is 1.81 bits per heavy atom. The fourth-order valence-corrected chi connectivity index (χ4v) is 3.92. The van der Waals surface area contributed by atoms with E-state index < -0.39 is 0 Å². The highest BCUT2D eigenvalue weighted by Crippen LogP contribution is 2.30. The molecule has 0 unspecified atom stereocenters. The van der Waals surface area contributed by atoms with Crippen molar-refractivity contribution in [2.75, 3.05) is 12.0 Å². The minimum absolute atomic E-state index is 0.170. The number of rotatable bonds is 3. The number of hydrogen-bond acceptors (Lipinski definition) is 4. The van der Waals surface area contributed by atoms with Gasteiger partial charge in [-0.2, -0.15) is 0 Å². The van der Waals surface area contributed by atoms with Crippen molar-refractivity contribution in [3.05, 3.63) is 85.9 Å². The predicted molar refractivity (Wildman–Crippen MR) is 111 cm³/mol. The summed E-state index contributed by atoms with van der Waals surface area (Å²) in [5.74, 6) is 0.702. The molecule has 0 bridgehead atoms. The highest BCUT2D eigenvalue weighted by atomic mass is 35.5. The number of nitrogens with zero attached hydrogens (tertiary/aromatic N) is 2. The Bertz CT molecular complexity index is 1090. The molecule has 3 aromatic rings. The molecule has 1 aliphatic rings. The summed E-state index contributed by atoms with van der Waals surface area (Å²) in [7, 11) is 0. The van der Waals surface area contributed by atoms with Crippen LogP contribution in [0.4, 0.5) is 5.82 Å². The van der Waals surface area contributed by atoms with E-state index in [0.29, 0.717) is 34.4 Å². The lowest BCUT2D eigenvalue weighted by atomic mass is 10.1. The average Bonchev–Trinajstić information content (AvgIpc) is 2.69. The Hall–Kier alpha value is -2.41. The molecule has 0 saturated heterocycles. The van der Waals surface area contributed by atoms with Crippen LogP contribution in [0.15, 0.2) is 59.4 Å². The molecule has 5 nitrogen and oxygen atoms in total. The summed E-state index contributed by atoms with van der Waals surface area (Å²) in [6.07, 6.45) is 0. The van der Waals surface area contributed by atoms with Crippen LogP contribution in [-0.4, -0.2) is 21.1 Å². The van der Waals surface area contributed by atoms with Crippen LogP contribution in [0.1, 0.15) is 24.1 Å². The molecule has 2 aromatic carbocycles. The van der Waals surface area contributed by atoms with Crippen molar-refractivity contribution in [1.82, 2.24) is 14.5 Å². The normalized spacial score (nSPS) is 15.0. The molecule has 2 N–H and O–H groups in total. The zero-order valence-corrected chi connectivity index (χ0v) is 16.3. The van der Waals surface area contributed by atoms with Crippen molar-refractivity contribution in [1.29, 1.82) is 0 Å². The molecular weight excluding hydrogens is 380 g/mol. The molecule has 1 aliphatic heterocycles. The summed E-state index contributed by atoms with van der Waals surface area (Å²) in [5.41, 5.74) is 2.43. The van der Waals surface area contributed by atoms with Gasteiger partial charge in [0.15, 0.2) is 4.77 Å². The maximum absolute atomic E-state index is 12.6. The van der Waals surface area contributed by atoms with Crippen LogP contribution in [0.2, 0.25) is 5.02 Å². The minimum Gasteiger partial charge on any atom is -0.358 e. The summed E-state index contributed by atoms with van der Waals surface area (Å²) < 4.78 is 2.13. The van der Waals surface area contributed by atoms with E-state index in [4.69, 9.17) is 23.8 Å². The lowest BCUT2D eigenvalue weighted by Gasteiger charge is -2.35. The van der Waals surface area contributed by atoms with E-state index in [1.165, 1.54) is 5.56 Å². The molecular formula is C20H19ClN4OS. The van der Waals surface area contributed by atoms with Gasteiger partial charge >= 0.3 is 0 Å². The first-order valence-corrected chi connectivity index (χ1v) is 9.51. The van der Waals surface area contributed by atoms with Crippen LogP contribution >= 0.6 is 23.8 Å². The SMILES string of the molecule is C[C@@H](c1ccccc1)N1CNc2c(c(=O)[nH]c(=S)n2-c2ccccc2Cl)C1. The third-order valence-electron chi connectivity index (χ3n) is 4.94. The van der Waals surface area contributed by atoms with E-state index in [2.05, 4.69) is 34.3 Å². The largest absolute Gasteiger partial charge is 0.358 e. The van der Waals surface area contributed by atoms with Crippen molar-refractivity contribution in [2.24, 2.45) is 0 Å². The average molecular weight is 399 g/mol.